The highest BCUT2D eigenvalue weighted by molar-refractivity contribution is 6.37. The van der Waals surface area contributed by atoms with Gasteiger partial charge in [-0.2, -0.15) is 0 Å². The molecule has 0 saturated heterocycles. The molecule has 0 bridgehead atoms. The minimum atomic E-state index is 0.483. The minimum absolute atomic E-state index is 0.483. The van der Waals surface area contributed by atoms with E-state index < -0.39 is 0 Å². The highest BCUT2D eigenvalue weighted by Crippen LogP contribution is 2.29. The molecule has 0 aliphatic heterocycles. The number of aryl methyl sites for hydroxylation is 1. The van der Waals surface area contributed by atoms with Gasteiger partial charge >= 0.3 is 0 Å². The maximum absolute atomic E-state index is 6.10. The van der Waals surface area contributed by atoms with E-state index in [0.29, 0.717) is 28.2 Å². The third kappa shape index (κ3) is 3.49. The Hall–Kier alpha value is -1.52. The summed E-state index contributed by atoms with van der Waals surface area (Å²) < 4.78 is 0. The van der Waals surface area contributed by atoms with Crippen molar-refractivity contribution in [3.8, 4) is 0 Å². The fourth-order valence-corrected chi connectivity index (χ4v) is 2.16. The normalized spacial score (nSPS) is 10.3. The number of nitrogens with zero attached hydrogens (tertiary/aromatic N) is 2. The second-order valence-corrected chi connectivity index (χ2v) is 4.84. The molecule has 0 radical (unpaired) electrons. The molecule has 0 amide bonds. The highest BCUT2D eigenvalue weighted by atomic mass is 35.5. The lowest BCUT2D eigenvalue weighted by atomic mass is 10.3. The number of hydrogen-bond acceptors (Lipinski definition) is 4. The molecule has 0 aliphatic carbocycles. The van der Waals surface area contributed by atoms with Crippen molar-refractivity contribution in [1.29, 1.82) is 0 Å². The average molecular weight is 297 g/mol. The lowest BCUT2D eigenvalue weighted by Crippen LogP contribution is -2.06. The molecule has 2 aromatic rings. The van der Waals surface area contributed by atoms with Crippen LogP contribution in [0.1, 0.15) is 11.4 Å². The van der Waals surface area contributed by atoms with Crippen molar-refractivity contribution in [2.24, 2.45) is 0 Å². The van der Waals surface area contributed by atoms with Gasteiger partial charge in [0.25, 0.3) is 0 Å². The summed E-state index contributed by atoms with van der Waals surface area (Å²) in [6.45, 7) is 2.51. The van der Waals surface area contributed by atoms with Gasteiger partial charge in [0.2, 0.25) is 0 Å². The number of hydrogen-bond donors (Lipinski definition) is 2. The molecule has 0 fully saturated rings. The summed E-state index contributed by atoms with van der Waals surface area (Å²) in [6.07, 6.45) is 0. The van der Waals surface area contributed by atoms with Crippen LogP contribution in [-0.4, -0.2) is 17.0 Å². The largest absolute Gasteiger partial charge is 0.372 e. The molecular formula is C13H14Cl2N4. The van der Waals surface area contributed by atoms with E-state index in [4.69, 9.17) is 23.2 Å². The number of pyridine rings is 2. The Kier molecular flexibility index (Phi) is 4.45. The van der Waals surface area contributed by atoms with Gasteiger partial charge in [0.1, 0.15) is 11.6 Å². The van der Waals surface area contributed by atoms with Crippen LogP contribution in [0.25, 0.3) is 0 Å². The molecular weight excluding hydrogens is 283 g/mol. The predicted octanol–water partition coefficient (Wildman–Crippen LogP) is 3.75. The summed E-state index contributed by atoms with van der Waals surface area (Å²) in [6, 6.07) is 7.53. The monoisotopic (exact) mass is 296 g/mol. The van der Waals surface area contributed by atoms with Crippen LogP contribution < -0.4 is 10.6 Å². The van der Waals surface area contributed by atoms with E-state index in [1.54, 1.807) is 13.1 Å². The molecule has 0 aromatic carbocycles. The van der Waals surface area contributed by atoms with Crippen LogP contribution in [0.15, 0.2) is 24.3 Å². The molecule has 0 unspecified atom stereocenters. The van der Waals surface area contributed by atoms with E-state index in [2.05, 4.69) is 20.6 Å². The van der Waals surface area contributed by atoms with Gasteiger partial charge in [-0.3, -0.25) is 4.98 Å². The molecule has 0 atom stereocenters. The van der Waals surface area contributed by atoms with Crippen molar-refractivity contribution >= 4 is 34.8 Å². The number of rotatable bonds is 4. The quantitative estimate of drug-likeness (QED) is 0.902. The van der Waals surface area contributed by atoms with E-state index in [9.17, 15) is 0 Å². The van der Waals surface area contributed by atoms with E-state index >= 15 is 0 Å². The van der Waals surface area contributed by atoms with Crippen molar-refractivity contribution in [2.45, 2.75) is 13.5 Å². The first-order valence-electron chi connectivity index (χ1n) is 5.80. The fourth-order valence-electron chi connectivity index (χ4n) is 1.64. The van der Waals surface area contributed by atoms with Crippen molar-refractivity contribution in [1.82, 2.24) is 9.97 Å². The predicted molar refractivity (Wildman–Crippen MR) is 80.1 cm³/mol. The topological polar surface area (TPSA) is 49.8 Å². The van der Waals surface area contributed by atoms with Gasteiger partial charge in [0.15, 0.2) is 0 Å². The van der Waals surface area contributed by atoms with Gasteiger partial charge in [-0.05, 0) is 25.1 Å². The van der Waals surface area contributed by atoms with Crippen LogP contribution in [0.4, 0.5) is 11.6 Å². The molecule has 2 heterocycles. The first-order chi connectivity index (χ1) is 9.10. The fraction of sp³-hybridized carbons (Fsp3) is 0.231. The third-order valence-corrected chi connectivity index (χ3v) is 3.13. The number of nitrogens with one attached hydrogen (secondary N) is 2. The van der Waals surface area contributed by atoms with Crippen LogP contribution >= 0.6 is 23.2 Å². The van der Waals surface area contributed by atoms with Gasteiger partial charge in [0, 0.05) is 12.7 Å². The second kappa shape index (κ2) is 6.08. The van der Waals surface area contributed by atoms with Crippen molar-refractivity contribution < 1.29 is 0 Å². The van der Waals surface area contributed by atoms with Crippen molar-refractivity contribution in [3.63, 3.8) is 0 Å². The molecule has 0 saturated carbocycles. The summed E-state index contributed by atoms with van der Waals surface area (Å²) in [7, 11) is 1.76. The lowest BCUT2D eigenvalue weighted by molar-refractivity contribution is 1.00. The standard InChI is InChI=1S/C13H14Cl2N4/c1-8-4-3-5-9(18-8)7-17-13-11(15)6-10(14)12(16-2)19-13/h3-6H,7H2,1-2H3,(H2,16,17,19). The summed E-state index contributed by atoms with van der Waals surface area (Å²) in [4.78, 5) is 8.72. The van der Waals surface area contributed by atoms with Crippen LogP contribution in [0.3, 0.4) is 0 Å². The minimum Gasteiger partial charge on any atom is -0.372 e. The second-order valence-electron chi connectivity index (χ2n) is 4.02. The Balaban J connectivity index is 2.15. The zero-order valence-electron chi connectivity index (χ0n) is 10.7. The van der Waals surface area contributed by atoms with Crippen LogP contribution in [0.5, 0.6) is 0 Å². The zero-order valence-corrected chi connectivity index (χ0v) is 12.2. The molecule has 6 heteroatoms. The van der Waals surface area contributed by atoms with Crippen molar-refractivity contribution in [2.75, 3.05) is 17.7 Å². The maximum Gasteiger partial charge on any atom is 0.147 e. The summed E-state index contributed by atoms with van der Waals surface area (Å²) in [5.74, 6) is 1.17. The Morgan fingerprint density at radius 2 is 1.84 bits per heavy atom. The van der Waals surface area contributed by atoms with Crippen LogP contribution in [0.2, 0.25) is 10.0 Å². The molecule has 2 rings (SSSR count). The molecule has 0 spiro atoms. The van der Waals surface area contributed by atoms with E-state index in [0.717, 1.165) is 11.4 Å². The molecule has 19 heavy (non-hydrogen) atoms. The SMILES string of the molecule is CNc1nc(NCc2cccc(C)n2)c(Cl)cc1Cl. The van der Waals surface area contributed by atoms with Crippen molar-refractivity contribution in [3.05, 3.63) is 45.7 Å². The average Bonchev–Trinajstić information content (AvgIpc) is 2.38. The number of halogens is 2. The molecule has 0 aliphatic rings. The molecule has 2 N–H and O–H groups in total. The highest BCUT2D eigenvalue weighted by Gasteiger charge is 2.08. The first-order valence-corrected chi connectivity index (χ1v) is 6.56. The zero-order chi connectivity index (χ0) is 13.8. The Morgan fingerprint density at radius 1 is 1.11 bits per heavy atom. The van der Waals surface area contributed by atoms with Gasteiger partial charge < -0.3 is 10.6 Å². The van der Waals surface area contributed by atoms with E-state index in [1.807, 2.05) is 25.1 Å². The van der Waals surface area contributed by atoms with Crippen LogP contribution in [-0.2, 0) is 6.54 Å². The molecule has 2 aromatic heterocycles. The van der Waals surface area contributed by atoms with Crippen LogP contribution in [0, 0.1) is 6.92 Å². The summed E-state index contributed by atoms with van der Waals surface area (Å²) in [5.41, 5.74) is 1.91. The van der Waals surface area contributed by atoms with Gasteiger partial charge in [-0.1, -0.05) is 29.3 Å². The lowest BCUT2D eigenvalue weighted by Gasteiger charge is -2.10. The Bertz CT molecular complexity index is 587. The Morgan fingerprint density at radius 3 is 2.53 bits per heavy atom. The number of anilines is 2. The summed E-state index contributed by atoms with van der Waals surface area (Å²) in [5, 5.41) is 7.04. The Labute approximate surface area is 122 Å². The van der Waals surface area contributed by atoms with Gasteiger partial charge in [-0.25, -0.2) is 4.98 Å². The van der Waals surface area contributed by atoms with Gasteiger partial charge in [-0.15, -0.1) is 0 Å². The third-order valence-electron chi connectivity index (χ3n) is 2.55. The first kappa shape index (κ1) is 13.9. The maximum atomic E-state index is 6.10. The van der Waals surface area contributed by atoms with E-state index in [-0.39, 0.29) is 0 Å². The molecule has 100 valence electrons. The smallest absolute Gasteiger partial charge is 0.147 e. The number of aromatic nitrogens is 2. The van der Waals surface area contributed by atoms with Gasteiger partial charge in [0.05, 0.1) is 22.3 Å². The van der Waals surface area contributed by atoms with E-state index in [1.165, 1.54) is 0 Å². The summed E-state index contributed by atoms with van der Waals surface area (Å²) >= 11 is 12.1. The molecule has 4 nitrogen and oxygen atoms in total.